The van der Waals surface area contributed by atoms with Crippen molar-refractivity contribution in [3.63, 3.8) is 0 Å². The van der Waals surface area contributed by atoms with Gasteiger partial charge >= 0.3 is 6.18 Å². The number of halogens is 3. The zero-order chi connectivity index (χ0) is 13.2. The van der Waals surface area contributed by atoms with Crippen LogP contribution in [0, 0.1) is 0 Å². The van der Waals surface area contributed by atoms with Crippen LogP contribution >= 0.6 is 11.8 Å². The van der Waals surface area contributed by atoms with Gasteiger partial charge in [0.1, 0.15) is 10.8 Å². The van der Waals surface area contributed by atoms with E-state index in [1.54, 1.807) is 6.07 Å². The molecule has 0 unspecified atom stereocenters. The number of nitrogens with zero attached hydrogens (tertiary/aromatic N) is 3. The van der Waals surface area contributed by atoms with Crippen LogP contribution in [0.5, 0.6) is 0 Å². The zero-order valence-corrected chi connectivity index (χ0v) is 9.66. The van der Waals surface area contributed by atoms with E-state index < -0.39 is 11.7 Å². The van der Waals surface area contributed by atoms with Crippen molar-refractivity contribution in [3.8, 4) is 0 Å². The number of alkyl halides is 3. The first kappa shape index (κ1) is 12.6. The highest BCUT2D eigenvalue weighted by molar-refractivity contribution is 7.99. The molecule has 94 valence electrons. The lowest BCUT2D eigenvalue weighted by Crippen LogP contribution is -2.07. The minimum Gasteiger partial charge on any atom is -0.384 e. The van der Waals surface area contributed by atoms with Crippen LogP contribution in [0.2, 0.25) is 0 Å². The third kappa shape index (κ3) is 3.10. The normalized spacial score (nSPS) is 11.5. The number of rotatable bonds is 2. The highest BCUT2D eigenvalue weighted by Gasteiger charge is 2.31. The van der Waals surface area contributed by atoms with E-state index in [2.05, 4.69) is 15.0 Å². The molecule has 2 rings (SSSR count). The summed E-state index contributed by atoms with van der Waals surface area (Å²) in [6.07, 6.45) is -1.47. The third-order valence-corrected chi connectivity index (χ3v) is 2.70. The number of hydrogen-bond acceptors (Lipinski definition) is 5. The van der Waals surface area contributed by atoms with Gasteiger partial charge in [-0.15, -0.1) is 0 Å². The van der Waals surface area contributed by atoms with Gasteiger partial charge in [-0.3, -0.25) is 0 Å². The lowest BCUT2D eigenvalue weighted by Gasteiger charge is -2.08. The van der Waals surface area contributed by atoms with E-state index in [0.717, 1.165) is 23.9 Å². The highest BCUT2D eigenvalue weighted by atomic mass is 32.2. The van der Waals surface area contributed by atoms with E-state index in [1.807, 2.05) is 0 Å². The molecule has 2 N–H and O–H groups in total. The Morgan fingerprint density at radius 1 is 1.11 bits per heavy atom. The van der Waals surface area contributed by atoms with Crippen molar-refractivity contribution in [1.29, 1.82) is 0 Å². The van der Waals surface area contributed by atoms with Gasteiger partial charge in [0.25, 0.3) is 0 Å². The van der Waals surface area contributed by atoms with E-state index >= 15 is 0 Å². The fourth-order valence-corrected chi connectivity index (χ4v) is 1.92. The summed E-state index contributed by atoms with van der Waals surface area (Å²) in [5.41, 5.74) is 4.51. The molecule has 2 heterocycles. The summed E-state index contributed by atoms with van der Waals surface area (Å²) >= 11 is 0.919. The Morgan fingerprint density at radius 3 is 2.39 bits per heavy atom. The standard InChI is InChI=1S/C10H7F3N4S/c11-10(12,13)6-4-7(14)17-8(5-6)18-9-15-2-1-3-16-9/h1-5H,(H2,14,17). The largest absolute Gasteiger partial charge is 0.416 e. The number of anilines is 1. The van der Waals surface area contributed by atoms with Crippen LogP contribution in [0.3, 0.4) is 0 Å². The summed E-state index contributed by atoms with van der Waals surface area (Å²) in [7, 11) is 0. The summed E-state index contributed by atoms with van der Waals surface area (Å²) in [5.74, 6) is -0.191. The minimum absolute atomic E-state index is 0.105. The summed E-state index contributed by atoms with van der Waals surface area (Å²) in [6, 6.07) is 3.31. The van der Waals surface area contributed by atoms with Gasteiger partial charge < -0.3 is 5.73 Å². The van der Waals surface area contributed by atoms with E-state index in [4.69, 9.17) is 5.73 Å². The van der Waals surface area contributed by atoms with Gasteiger partial charge in [0.05, 0.1) is 5.56 Å². The minimum atomic E-state index is -4.45. The van der Waals surface area contributed by atoms with E-state index in [-0.39, 0.29) is 10.8 Å². The molecule has 0 aliphatic heterocycles. The molecule has 0 aliphatic carbocycles. The molecular formula is C10H7F3N4S. The maximum absolute atomic E-state index is 12.6. The molecular weight excluding hydrogens is 265 g/mol. The molecule has 0 aliphatic rings. The lowest BCUT2D eigenvalue weighted by molar-refractivity contribution is -0.137. The van der Waals surface area contributed by atoms with E-state index in [1.165, 1.54) is 12.4 Å². The van der Waals surface area contributed by atoms with Crippen LogP contribution in [0.1, 0.15) is 5.56 Å². The molecule has 0 fully saturated rings. The predicted octanol–water partition coefficient (Wildman–Crippen LogP) is 2.62. The fourth-order valence-electron chi connectivity index (χ4n) is 1.17. The second kappa shape index (κ2) is 4.81. The average Bonchev–Trinajstić information content (AvgIpc) is 2.28. The first-order chi connectivity index (χ1) is 8.45. The van der Waals surface area contributed by atoms with Crippen molar-refractivity contribution in [2.75, 3.05) is 5.73 Å². The van der Waals surface area contributed by atoms with Crippen molar-refractivity contribution in [3.05, 3.63) is 36.2 Å². The van der Waals surface area contributed by atoms with Crippen LogP contribution in [-0.4, -0.2) is 15.0 Å². The van der Waals surface area contributed by atoms with Crippen molar-refractivity contribution < 1.29 is 13.2 Å². The molecule has 8 heteroatoms. The Morgan fingerprint density at radius 2 is 1.78 bits per heavy atom. The molecule has 0 aromatic carbocycles. The quantitative estimate of drug-likeness (QED) is 0.851. The predicted molar refractivity (Wildman–Crippen MR) is 59.8 cm³/mol. The second-order valence-electron chi connectivity index (χ2n) is 3.25. The maximum Gasteiger partial charge on any atom is 0.416 e. The molecule has 0 spiro atoms. The van der Waals surface area contributed by atoms with Gasteiger partial charge in [0, 0.05) is 12.4 Å². The van der Waals surface area contributed by atoms with Gasteiger partial charge in [-0.25, -0.2) is 15.0 Å². The molecule has 0 radical (unpaired) electrons. The molecule has 4 nitrogen and oxygen atoms in total. The Balaban J connectivity index is 2.32. The number of hydrogen-bond donors (Lipinski definition) is 1. The van der Waals surface area contributed by atoms with Crippen LogP contribution in [0.4, 0.5) is 19.0 Å². The molecule has 2 aromatic heterocycles. The summed E-state index contributed by atoms with van der Waals surface area (Å²) < 4.78 is 37.7. The van der Waals surface area contributed by atoms with Crippen molar-refractivity contribution in [2.45, 2.75) is 16.4 Å². The zero-order valence-electron chi connectivity index (χ0n) is 8.85. The molecule has 18 heavy (non-hydrogen) atoms. The smallest absolute Gasteiger partial charge is 0.384 e. The Labute approximate surface area is 104 Å². The lowest BCUT2D eigenvalue weighted by atomic mass is 10.2. The van der Waals surface area contributed by atoms with Crippen LogP contribution < -0.4 is 5.73 Å². The Bertz CT molecular complexity index is 545. The molecule has 0 atom stereocenters. The Kier molecular flexibility index (Phi) is 3.37. The highest BCUT2D eigenvalue weighted by Crippen LogP contribution is 2.33. The van der Waals surface area contributed by atoms with Gasteiger partial charge in [-0.1, -0.05) is 0 Å². The van der Waals surface area contributed by atoms with Gasteiger partial charge in [-0.2, -0.15) is 13.2 Å². The Hall–Kier alpha value is -1.83. The molecule has 2 aromatic rings. The fraction of sp³-hybridized carbons (Fsp3) is 0.100. The average molecular weight is 272 g/mol. The number of nitrogen functional groups attached to an aromatic ring is 1. The van der Waals surface area contributed by atoms with E-state index in [0.29, 0.717) is 5.16 Å². The monoisotopic (exact) mass is 272 g/mol. The first-order valence-corrected chi connectivity index (χ1v) is 5.56. The van der Waals surface area contributed by atoms with E-state index in [9.17, 15) is 13.2 Å². The topological polar surface area (TPSA) is 64.7 Å². The SMILES string of the molecule is Nc1cc(C(F)(F)F)cc(Sc2ncccn2)n1. The maximum atomic E-state index is 12.6. The summed E-state index contributed by atoms with van der Waals surface area (Å²) in [4.78, 5) is 11.6. The molecule has 0 amide bonds. The number of pyridine rings is 1. The van der Waals surface area contributed by atoms with Crippen molar-refractivity contribution >= 4 is 17.6 Å². The van der Waals surface area contributed by atoms with Gasteiger partial charge in [0.15, 0.2) is 5.16 Å². The number of aromatic nitrogens is 3. The van der Waals surface area contributed by atoms with Crippen molar-refractivity contribution in [1.82, 2.24) is 15.0 Å². The number of nitrogens with two attached hydrogens (primary N) is 1. The summed E-state index contributed by atoms with van der Waals surface area (Å²) in [5, 5.41) is 0.414. The van der Waals surface area contributed by atoms with Gasteiger partial charge in [0.2, 0.25) is 0 Å². The molecule has 0 saturated carbocycles. The van der Waals surface area contributed by atoms with Crippen LogP contribution in [-0.2, 0) is 6.18 Å². The molecule has 0 saturated heterocycles. The first-order valence-electron chi connectivity index (χ1n) is 4.75. The van der Waals surface area contributed by atoms with Crippen LogP contribution in [0.25, 0.3) is 0 Å². The molecule has 0 bridgehead atoms. The summed E-state index contributed by atoms with van der Waals surface area (Å²) in [6.45, 7) is 0. The van der Waals surface area contributed by atoms with Crippen LogP contribution in [0.15, 0.2) is 40.8 Å². The van der Waals surface area contributed by atoms with Crippen molar-refractivity contribution in [2.24, 2.45) is 0 Å². The second-order valence-corrected chi connectivity index (χ2v) is 4.24. The third-order valence-electron chi connectivity index (χ3n) is 1.89. The van der Waals surface area contributed by atoms with Gasteiger partial charge in [-0.05, 0) is 30.0 Å².